The molecule has 0 aromatic carbocycles. The molecule has 0 aromatic heterocycles. The van der Waals surface area contributed by atoms with E-state index in [4.69, 9.17) is 14.7 Å². The van der Waals surface area contributed by atoms with Crippen molar-refractivity contribution < 1.29 is 14.3 Å². The van der Waals surface area contributed by atoms with Crippen LogP contribution in [0.5, 0.6) is 0 Å². The summed E-state index contributed by atoms with van der Waals surface area (Å²) in [6.45, 7) is 2.94. The highest BCUT2D eigenvalue weighted by Crippen LogP contribution is 2.19. The fraction of sp³-hybridized carbons (Fsp3) is 0.833. The van der Waals surface area contributed by atoms with Gasteiger partial charge in [0.1, 0.15) is 5.92 Å². The van der Waals surface area contributed by atoms with Gasteiger partial charge in [-0.15, -0.1) is 0 Å². The van der Waals surface area contributed by atoms with Crippen LogP contribution in [0.2, 0.25) is 0 Å². The average molecular weight is 225 g/mol. The van der Waals surface area contributed by atoms with Gasteiger partial charge in [0.25, 0.3) is 0 Å². The Morgan fingerprint density at radius 2 is 2.50 bits per heavy atom. The molecule has 1 aliphatic rings. The summed E-state index contributed by atoms with van der Waals surface area (Å²) in [5.41, 5.74) is 0. The van der Waals surface area contributed by atoms with Crippen LogP contribution in [-0.2, 0) is 14.3 Å². The van der Waals surface area contributed by atoms with Crippen LogP contribution in [0, 0.1) is 17.2 Å². The average Bonchev–Trinajstić information content (AvgIpc) is 2.77. The zero-order valence-electron chi connectivity index (χ0n) is 9.78. The first kappa shape index (κ1) is 13.0. The lowest BCUT2D eigenvalue weighted by Crippen LogP contribution is -2.17. The Hall–Kier alpha value is -1.08. The number of rotatable bonds is 6. The van der Waals surface area contributed by atoms with Gasteiger partial charge in [-0.1, -0.05) is 0 Å². The number of hydrogen-bond donors (Lipinski definition) is 0. The summed E-state index contributed by atoms with van der Waals surface area (Å²) in [4.78, 5) is 11.3. The zero-order chi connectivity index (χ0) is 11.8. The molecule has 0 N–H and O–H groups in total. The van der Waals surface area contributed by atoms with Crippen molar-refractivity contribution in [3.05, 3.63) is 0 Å². The van der Waals surface area contributed by atoms with Crippen LogP contribution < -0.4 is 0 Å². The second-order valence-electron chi connectivity index (χ2n) is 4.00. The van der Waals surface area contributed by atoms with E-state index in [2.05, 4.69) is 0 Å². The minimum atomic E-state index is -0.610. The Morgan fingerprint density at radius 3 is 3.06 bits per heavy atom. The Morgan fingerprint density at radius 1 is 1.69 bits per heavy atom. The van der Waals surface area contributed by atoms with Gasteiger partial charge in [-0.3, -0.25) is 4.79 Å². The molecule has 2 atom stereocenters. The van der Waals surface area contributed by atoms with Crippen LogP contribution in [0.4, 0.5) is 0 Å². The number of carbonyl (C=O) groups excluding carboxylic acids is 1. The van der Waals surface area contributed by atoms with E-state index >= 15 is 0 Å². The summed E-state index contributed by atoms with van der Waals surface area (Å²) in [6, 6.07) is 2.00. The number of hydrogen-bond acceptors (Lipinski definition) is 4. The summed E-state index contributed by atoms with van der Waals surface area (Å²) < 4.78 is 10.3. The maximum Gasteiger partial charge on any atom is 0.323 e. The lowest BCUT2D eigenvalue weighted by atomic mass is 10.0. The normalized spacial score (nSPS) is 21.4. The molecule has 1 saturated heterocycles. The third kappa shape index (κ3) is 4.19. The Bertz CT molecular complexity index is 253. The third-order valence-electron chi connectivity index (χ3n) is 2.77. The molecule has 1 heterocycles. The van der Waals surface area contributed by atoms with Gasteiger partial charge in [0.2, 0.25) is 0 Å². The third-order valence-corrected chi connectivity index (χ3v) is 2.77. The van der Waals surface area contributed by atoms with E-state index in [1.807, 2.05) is 6.07 Å². The summed E-state index contributed by atoms with van der Waals surface area (Å²) in [7, 11) is 0. The van der Waals surface area contributed by atoms with Crippen molar-refractivity contribution in [2.45, 2.75) is 45.1 Å². The van der Waals surface area contributed by atoms with Crippen molar-refractivity contribution >= 4 is 5.97 Å². The maximum atomic E-state index is 11.3. The topological polar surface area (TPSA) is 59.3 Å². The van der Waals surface area contributed by atoms with Gasteiger partial charge in [-0.05, 0) is 39.0 Å². The van der Waals surface area contributed by atoms with Gasteiger partial charge < -0.3 is 9.47 Å². The van der Waals surface area contributed by atoms with E-state index in [0.717, 1.165) is 32.3 Å². The molecule has 0 spiro atoms. The quantitative estimate of drug-likeness (QED) is 0.649. The minimum absolute atomic E-state index is 0.335. The maximum absolute atomic E-state index is 11.3. The molecule has 2 unspecified atom stereocenters. The van der Waals surface area contributed by atoms with E-state index in [1.165, 1.54) is 0 Å². The van der Waals surface area contributed by atoms with Crippen LogP contribution in [0.15, 0.2) is 0 Å². The number of carbonyl (C=O) groups is 1. The first-order chi connectivity index (χ1) is 7.77. The van der Waals surface area contributed by atoms with E-state index in [1.54, 1.807) is 6.92 Å². The Labute approximate surface area is 96.5 Å². The first-order valence-electron chi connectivity index (χ1n) is 5.95. The van der Waals surface area contributed by atoms with Gasteiger partial charge in [-0.25, -0.2) is 0 Å². The van der Waals surface area contributed by atoms with Crippen molar-refractivity contribution in [2.24, 2.45) is 5.92 Å². The van der Waals surface area contributed by atoms with Crippen molar-refractivity contribution in [3.8, 4) is 6.07 Å². The van der Waals surface area contributed by atoms with Crippen LogP contribution >= 0.6 is 0 Å². The fourth-order valence-electron chi connectivity index (χ4n) is 1.90. The molecule has 0 bridgehead atoms. The standard InChI is InChI=1S/C12H19NO3/c1-2-15-12(14)10(9-13)5-3-6-11-7-4-8-16-11/h10-11H,2-8H2,1H3. The van der Waals surface area contributed by atoms with E-state index in [9.17, 15) is 4.79 Å². The molecule has 1 aliphatic heterocycles. The SMILES string of the molecule is CCOC(=O)C(C#N)CCCC1CCCO1. The van der Waals surface area contributed by atoms with Crippen molar-refractivity contribution in [3.63, 3.8) is 0 Å². The van der Waals surface area contributed by atoms with Gasteiger partial charge in [0.05, 0.1) is 18.8 Å². The van der Waals surface area contributed by atoms with Crippen LogP contribution in [-0.4, -0.2) is 25.3 Å². The van der Waals surface area contributed by atoms with Gasteiger partial charge >= 0.3 is 5.97 Å². The summed E-state index contributed by atoms with van der Waals surface area (Å²) in [5, 5.41) is 8.83. The van der Waals surface area contributed by atoms with Gasteiger partial charge in [-0.2, -0.15) is 5.26 Å². The van der Waals surface area contributed by atoms with Gasteiger partial charge in [0.15, 0.2) is 0 Å². The highest BCUT2D eigenvalue weighted by Gasteiger charge is 2.20. The minimum Gasteiger partial charge on any atom is -0.465 e. The van der Waals surface area contributed by atoms with E-state index in [-0.39, 0.29) is 0 Å². The molecule has 1 rings (SSSR count). The largest absolute Gasteiger partial charge is 0.465 e. The first-order valence-corrected chi connectivity index (χ1v) is 5.95. The van der Waals surface area contributed by atoms with Crippen LogP contribution in [0.1, 0.15) is 39.0 Å². The highest BCUT2D eigenvalue weighted by molar-refractivity contribution is 5.75. The molecule has 0 aliphatic carbocycles. The lowest BCUT2D eigenvalue weighted by molar-refractivity contribution is -0.146. The molecular weight excluding hydrogens is 206 g/mol. The second-order valence-corrected chi connectivity index (χ2v) is 4.00. The Balaban J connectivity index is 2.18. The molecule has 4 nitrogen and oxygen atoms in total. The molecule has 0 saturated carbocycles. The molecule has 0 aromatic rings. The predicted octanol–water partition coefficient (Wildman–Crippen LogP) is 2.04. The molecular formula is C12H19NO3. The fourth-order valence-corrected chi connectivity index (χ4v) is 1.90. The van der Waals surface area contributed by atoms with Crippen LogP contribution in [0.25, 0.3) is 0 Å². The van der Waals surface area contributed by atoms with E-state index < -0.39 is 11.9 Å². The molecule has 0 amide bonds. The Kier molecular flexibility index (Phi) is 5.87. The monoisotopic (exact) mass is 225 g/mol. The smallest absolute Gasteiger partial charge is 0.323 e. The number of esters is 1. The lowest BCUT2D eigenvalue weighted by Gasteiger charge is -2.11. The number of ether oxygens (including phenoxy) is 2. The second kappa shape index (κ2) is 7.24. The van der Waals surface area contributed by atoms with Crippen molar-refractivity contribution in [2.75, 3.05) is 13.2 Å². The highest BCUT2D eigenvalue weighted by atomic mass is 16.5. The van der Waals surface area contributed by atoms with Crippen molar-refractivity contribution in [1.82, 2.24) is 0 Å². The number of nitriles is 1. The predicted molar refractivity (Wildman–Crippen MR) is 58.6 cm³/mol. The van der Waals surface area contributed by atoms with Crippen molar-refractivity contribution in [1.29, 1.82) is 5.26 Å². The summed E-state index contributed by atoms with van der Waals surface area (Å²) in [6.07, 6.45) is 4.94. The number of nitrogens with zero attached hydrogens (tertiary/aromatic N) is 1. The molecule has 0 radical (unpaired) electrons. The van der Waals surface area contributed by atoms with Crippen LogP contribution in [0.3, 0.4) is 0 Å². The molecule has 4 heteroatoms. The molecule has 16 heavy (non-hydrogen) atoms. The summed E-state index contributed by atoms with van der Waals surface area (Å²) >= 11 is 0. The summed E-state index contributed by atoms with van der Waals surface area (Å²) in [5.74, 6) is -1.00. The van der Waals surface area contributed by atoms with Gasteiger partial charge in [0, 0.05) is 6.61 Å². The van der Waals surface area contributed by atoms with E-state index in [0.29, 0.717) is 19.1 Å². The molecule has 90 valence electrons. The zero-order valence-corrected chi connectivity index (χ0v) is 9.78. The molecule has 1 fully saturated rings.